The van der Waals surface area contributed by atoms with Gasteiger partial charge in [0.1, 0.15) is 12.7 Å². The Morgan fingerprint density at radius 2 is 1.18 bits per heavy atom. The number of hydrogen-bond acceptors (Lipinski definition) is 10. The first kappa shape index (κ1) is 26.5. The van der Waals surface area contributed by atoms with E-state index in [9.17, 15) is 24.3 Å². The molecule has 38 heavy (non-hydrogen) atoms. The van der Waals surface area contributed by atoms with Crippen molar-refractivity contribution in [1.82, 2.24) is 0 Å². The van der Waals surface area contributed by atoms with Gasteiger partial charge in [0.25, 0.3) is 0 Å². The average molecular weight is 520 g/mol. The molecular weight excluding hydrogens is 496 g/mol. The van der Waals surface area contributed by atoms with Gasteiger partial charge in [0.2, 0.25) is 6.10 Å². The SMILES string of the molecule is CC(=O)O[C@@]1(O)O[C@H](COC(=O)c2ccccc2)[C@@H](OC(=O)c2ccccc2)[C@H]1OC(=O)c1ccccc1. The summed E-state index contributed by atoms with van der Waals surface area (Å²) in [7, 11) is 0. The number of hydrogen-bond donors (Lipinski definition) is 1. The Balaban J connectivity index is 1.63. The standard InChI is InChI=1S/C28H24O10/c1-18(29)37-28(33)24(36-27(32)21-15-9-4-10-16-21)23(35-26(31)20-13-7-3-8-14-20)22(38-28)17-34-25(30)19-11-5-2-6-12-19/h2-16,22-24,33H,17H2,1H3/t22-,23-,24-,28-/m1/s1. The lowest BCUT2D eigenvalue weighted by molar-refractivity contribution is -0.357. The number of rotatable bonds is 8. The van der Waals surface area contributed by atoms with Gasteiger partial charge in [-0.2, -0.15) is 0 Å². The molecule has 10 heteroatoms. The van der Waals surface area contributed by atoms with E-state index in [-0.39, 0.29) is 16.7 Å². The Morgan fingerprint density at radius 1 is 0.737 bits per heavy atom. The lowest BCUT2D eigenvalue weighted by Crippen LogP contribution is -2.50. The Kier molecular flexibility index (Phi) is 8.15. The number of carbonyl (C=O) groups is 4. The van der Waals surface area contributed by atoms with Gasteiger partial charge in [-0.15, -0.1) is 0 Å². The third kappa shape index (κ3) is 6.23. The molecule has 10 nitrogen and oxygen atoms in total. The van der Waals surface area contributed by atoms with Gasteiger partial charge >= 0.3 is 29.9 Å². The number of ether oxygens (including phenoxy) is 5. The van der Waals surface area contributed by atoms with Crippen LogP contribution < -0.4 is 0 Å². The summed E-state index contributed by atoms with van der Waals surface area (Å²) in [4.78, 5) is 50.1. The molecule has 1 aliphatic heterocycles. The van der Waals surface area contributed by atoms with Crippen molar-refractivity contribution in [2.24, 2.45) is 0 Å². The quantitative estimate of drug-likeness (QED) is 0.268. The van der Waals surface area contributed by atoms with Crippen LogP contribution in [0.25, 0.3) is 0 Å². The molecule has 0 bridgehead atoms. The maximum absolute atomic E-state index is 12.9. The normalized spacial score (nSPS) is 22.2. The highest BCUT2D eigenvalue weighted by Crippen LogP contribution is 2.36. The molecule has 1 N–H and O–H groups in total. The fraction of sp³-hybridized carbons (Fsp3) is 0.214. The topological polar surface area (TPSA) is 135 Å². The largest absolute Gasteiger partial charge is 0.459 e. The van der Waals surface area contributed by atoms with E-state index >= 15 is 0 Å². The van der Waals surface area contributed by atoms with Gasteiger partial charge in [0, 0.05) is 6.92 Å². The van der Waals surface area contributed by atoms with E-state index in [4.69, 9.17) is 23.7 Å². The fourth-order valence-electron chi connectivity index (χ4n) is 3.79. The molecule has 0 spiro atoms. The highest BCUT2D eigenvalue weighted by atomic mass is 16.9. The highest BCUT2D eigenvalue weighted by molar-refractivity contribution is 5.91. The third-order valence-corrected chi connectivity index (χ3v) is 5.52. The van der Waals surface area contributed by atoms with Crippen LogP contribution in [0.2, 0.25) is 0 Å². The summed E-state index contributed by atoms with van der Waals surface area (Å²) in [5.41, 5.74) is 0.513. The van der Waals surface area contributed by atoms with Crippen molar-refractivity contribution in [3.8, 4) is 0 Å². The van der Waals surface area contributed by atoms with Crippen molar-refractivity contribution in [2.45, 2.75) is 31.2 Å². The molecule has 1 aliphatic rings. The van der Waals surface area contributed by atoms with Gasteiger partial charge in [0.15, 0.2) is 6.10 Å². The van der Waals surface area contributed by atoms with Crippen LogP contribution in [0.4, 0.5) is 0 Å². The van der Waals surface area contributed by atoms with E-state index in [0.717, 1.165) is 6.92 Å². The van der Waals surface area contributed by atoms with Crippen LogP contribution in [-0.2, 0) is 28.5 Å². The molecular formula is C28H24O10. The van der Waals surface area contributed by atoms with Crippen LogP contribution in [0.5, 0.6) is 0 Å². The van der Waals surface area contributed by atoms with E-state index in [0.29, 0.717) is 0 Å². The summed E-state index contributed by atoms with van der Waals surface area (Å²) >= 11 is 0. The maximum atomic E-state index is 12.9. The zero-order valence-electron chi connectivity index (χ0n) is 20.2. The van der Waals surface area contributed by atoms with Gasteiger partial charge in [-0.05, 0) is 36.4 Å². The predicted octanol–water partition coefficient (Wildman–Crippen LogP) is 2.90. The second-order valence-electron chi connectivity index (χ2n) is 8.27. The minimum absolute atomic E-state index is 0.116. The van der Waals surface area contributed by atoms with Crippen molar-refractivity contribution >= 4 is 23.9 Å². The van der Waals surface area contributed by atoms with E-state index < -0.39 is 54.8 Å². The number of carbonyl (C=O) groups excluding carboxylic acids is 4. The first-order valence-electron chi connectivity index (χ1n) is 11.6. The summed E-state index contributed by atoms with van der Waals surface area (Å²) in [6, 6.07) is 23.8. The second-order valence-corrected chi connectivity index (χ2v) is 8.27. The van der Waals surface area contributed by atoms with E-state index in [1.807, 2.05) is 0 Å². The van der Waals surface area contributed by atoms with Crippen LogP contribution in [0.15, 0.2) is 91.0 Å². The smallest absolute Gasteiger partial charge is 0.370 e. The lowest BCUT2D eigenvalue weighted by Gasteiger charge is -2.28. The molecule has 1 saturated heterocycles. The molecule has 4 rings (SSSR count). The summed E-state index contributed by atoms with van der Waals surface area (Å²) in [6.45, 7) is 0.467. The number of esters is 4. The predicted molar refractivity (Wildman–Crippen MR) is 130 cm³/mol. The monoisotopic (exact) mass is 520 g/mol. The average Bonchev–Trinajstić information content (AvgIpc) is 3.17. The van der Waals surface area contributed by atoms with Gasteiger partial charge in [-0.3, -0.25) is 4.79 Å². The Labute approximate surface area is 217 Å². The minimum Gasteiger partial charge on any atom is -0.459 e. The second kappa shape index (κ2) is 11.7. The van der Waals surface area contributed by atoms with Crippen LogP contribution in [0.1, 0.15) is 38.0 Å². The van der Waals surface area contributed by atoms with E-state index in [1.54, 1.807) is 54.6 Å². The first-order valence-corrected chi connectivity index (χ1v) is 11.6. The summed E-state index contributed by atoms with van der Waals surface area (Å²) in [5.74, 6) is -6.29. The minimum atomic E-state index is -2.85. The Hall–Kier alpha value is -4.54. The van der Waals surface area contributed by atoms with Gasteiger partial charge in [0.05, 0.1) is 16.7 Å². The molecule has 0 saturated carbocycles. The molecule has 3 aromatic rings. The van der Waals surface area contributed by atoms with E-state index in [2.05, 4.69) is 0 Å². The number of aliphatic hydroxyl groups is 1. The van der Waals surface area contributed by atoms with Crippen LogP contribution in [0, 0.1) is 0 Å². The summed E-state index contributed by atoms with van der Waals surface area (Å²) in [6.07, 6.45) is -4.75. The van der Waals surface area contributed by atoms with Crippen LogP contribution >= 0.6 is 0 Å². The van der Waals surface area contributed by atoms with Gasteiger partial charge in [-0.25, -0.2) is 14.4 Å². The fourth-order valence-corrected chi connectivity index (χ4v) is 3.79. The van der Waals surface area contributed by atoms with Crippen molar-refractivity contribution in [3.63, 3.8) is 0 Å². The molecule has 196 valence electrons. The van der Waals surface area contributed by atoms with Crippen molar-refractivity contribution in [1.29, 1.82) is 0 Å². The van der Waals surface area contributed by atoms with Crippen LogP contribution in [-0.4, -0.2) is 59.9 Å². The molecule has 0 aromatic heterocycles. The molecule has 0 unspecified atom stereocenters. The Morgan fingerprint density at radius 3 is 1.66 bits per heavy atom. The van der Waals surface area contributed by atoms with Crippen molar-refractivity contribution in [2.75, 3.05) is 6.61 Å². The number of benzene rings is 3. The molecule has 1 heterocycles. The van der Waals surface area contributed by atoms with Gasteiger partial charge < -0.3 is 28.8 Å². The Bertz CT molecular complexity index is 1280. The maximum Gasteiger partial charge on any atom is 0.370 e. The first-order chi connectivity index (χ1) is 18.3. The van der Waals surface area contributed by atoms with Crippen molar-refractivity contribution < 1.29 is 48.0 Å². The molecule has 0 aliphatic carbocycles. The molecule has 0 radical (unpaired) electrons. The summed E-state index contributed by atoms with van der Waals surface area (Å²) < 4.78 is 26.9. The van der Waals surface area contributed by atoms with Crippen molar-refractivity contribution in [3.05, 3.63) is 108 Å². The molecule has 1 fully saturated rings. The third-order valence-electron chi connectivity index (χ3n) is 5.52. The molecule has 3 aromatic carbocycles. The lowest BCUT2D eigenvalue weighted by atomic mass is 10.1. The molecule has 0 amide bonds. The zero-order chi connectivity index (χ0) is 27.1. The zero-order valence-corrected chi connectivity index (χ0v) is 20.2. The highest BCUT2D eigenvalue weighted by Gasteiger charge is 2.62. The van der Waals surface area contributed by atoms with Gasteiger partial charge in [-0.1, -0.05) is 54.6 Å². The van der Waals surface area contributed by atoms with E-state index in [1.165, 1.54) is 36.4 Å². The molecule has 4 atom stereocenters. The summed E-state index contributed by atoms with van der Waals surface area (Å²) in [5, 5.41) is 11.1. The van der Waals surface area contributed by atoms with Crippen LogP contribution in [0.3, 0.4) is 0 Å².